The Morgan fingerprint density at radius 1 is 1.25 bits per heavy atom. The van der Waals surface area contributed by atoms with E-state index in [1.807, 2.05) is 0 Å². The van der Waals surface area contributed by atoms with Crippen LogP contribution in [0.4, 0.5) is 17.8 Å². The van der Waals surface area contributed by atoms with Crippen LogP contribution >= 0.6 is 0 Å². The number of hydrogen-bond acceptors (Lipinski definition) is 8. The molecule has 0 bridgehead atoms. The summed E-state index contributed by atoms with van der Waals surface area (Å²) in [7, 11) is 3.10. The van der Waals surface area contributed by atoms with Gasteiger partial charge in [0.05, 0.1) is 7.11 Å². The number of carbonyl (C=O) groups excluding carboxylic acids is 1. The molecule has 1 aliphatic heterocycles. The number of nitrogens with one attached hydrogen (secondary N) is 2. The average molecular weight is 280 g/mol. The summed E-state index contributed by atoms with van der Waals surface area (Å²) in [4.78, 5) is 26.4. The van der Waals surface area contributed by atoms with E-state index in [9.17, 15) is 4.79 Å². The third-order valence-electron chi connectivity index (χ3n) is 3.14. The van der Waals surface area contributed by atoms with Crippen molar-refractivity contribution >= 4 is 23.8 Å². The molecule has 20 heavy (non-hydrogen) atoms. The van der Waals surface area contributed by atoms with Crippen LogP contribution in [-0.4, -0.2) is 54.2 Å². The quantitative estimate of drug-likeness (QED) is 0.753. The van der Waals surface area contributed by atoms with E-state index < -0.39 is 6.04 Å². The molecule has 1 aliphatic rings. The van der Waals surface area contributed by atoms with E-state index in [0.29, 0.717) is 17.8 Å². The van der Waals surface area contributed by atoms with E-state index in [4.69, 9.17) is 0 Å². The summed E-state index contributed by atoms with van der Waals surface area (Å²) < 4.78 is 4.67. The van der Waals surface area contributed by atoms with Gasteiger partial charge in [0.25, 0.3) is 0 Å². The zero-order valence-corrected chi connectivity index (χ0v) is 12.0. The highest BCUT2D eigenvalue weighted by molar-refractivity contribution is 5.78. The largest absolute Gasteiger partial charge is 0.467 e. The van der Waals surface area contributed by atoms with Gasteiger partial charge in [0, 0.05) is 20.1 Å². The fraction of sp³-hybridized carbons (Fsp3) is 0.667. The monoisotopic (exact) mass is 280 g/mol. The van der Waals surface area contributed by atoms with Gasteiger partial charge in [-0.2, -0.15) is 15.0 Å². The number of nitrogens with zero attached hydrogens (tertiary/aromatic N) is 4. The molecule has 0 radical (unpaired) electrons. The number of aromatic nitrogens is 3. The molecular weight excluding hydrogens is 260 g/mol. The van der Waals surface area contributed by atoms with Crippen LogP contribution in [0.25, 0.3) is 0 Å². The van der Waals surface area contributed by atoms with Gasteiger partial charge in [-0.15, -0.1) is 0 Å². The predicted molar refractivity (Wildman–Crippen MR) is 75.9 cm³/mol. The Balaban J connectivity index is 2.19. The molecule has 8 heteroatoms. The molecule has 0 spiro atoms. The highest BCUT2D eigenvalue weighted by Crippen LogP contribution is 2.18. The van der Waals surface area contributed by atoms with Crippen LogP contribution in [0.1, 0.15) is 19.8 Å². The smallest absolute Gasteiger partial charge is 0.328 e. The molecule has 8 nitrogen and oxygen atoms in total. The Kier molecular flexibility index (Phi) is 4.54. The molecule has 2 heterocycles. The standard InChI is InChI=1S/C12H20N6O2/c1-8(9(19)20-3)14-11-15-10(13-2)16-12(17-11)18-6-4-5-7-18/h8H,4-7H2,1-3H3,(H2,13,14,15,16,17). The van der Waals surface area contributed by atoms with Crippen molar-refractivity contribution < 1.29 is 9.53 Å². The van der Waals surface area contributed by atoms with E-state index in [1.165, 1.54) is 7.11 Å². The molecule has 1 aromatic heterocycles. The van der Waals surface area contributed by atoms with Crippen LogP contribution in [0.5, 0.6) is 0 Å². The van der Waals surface area contributed by atoms with Crippen molar-refractivity contribution in [1.29, 1.82) is 0 Å². The SMILES string of the molecule is CNc1nc(NC(C)C(=O)OC)nc(N2CCCC2)n1. The van der Waals surface area contributed by atoms with Gasteiger partial charge in [-0.1, -0.05) is 0 Å². The lowest BCUT2D eigenvalue weighted by molar-refractivity contribution is -0.141. The Bertz CT molecular complexity index is 475. The van der Waals surface area contributed by atoms with Crippen molar-refractivity contribution in [2.24, 2.45) is 0 Å². The Hall–Kier alpha value is -2.12. The predicted octanol–water partition coefficient (Wildman–Crippen LogP) is 0.487. The first-order valence-electron chi connectivity index (χ1n) is 6.67. The lowest BCUT2D eigenvalue weighted by Crippen LogP contribution is -2.29. The Morgan fingerprint density at radius 2 is 1.90 bits per heavy atom. The molecule has 1 unspecified atom stereocenters. The van der Waals surface area contributed by atoms with Crippen molar-refractivity contribution in [3.63, 3.8) is 0 Å². The van der Waals surface area contributed by atoms with Gasteiger partial charge in [0.2, 0.25) is 17.8 Å². The Labute approximate surface area is 118 Å². The van der Waals surface area contributed by atoms with E-state index >= 15 is 0 Å². The Morgan fingerprint density at radius 3 is 2.50 bits per heavy atom. The summed E-state index contributed by atoms with van der Waals surface area (Å²) in [5.41, 5.74) is 0. The van der Waals surface area contributed by atoms with Crippen molar-refractivity contribution in [3.05, 3.63) is 0 Å². The van der Waals surface area contributed by atoms with Crippen LogP contribution in [0.15, 0.2) is 0 Å². The van der Waals surface area contributed by atoms with E-state index in [2.05, 4.69) is 35.2 Å². The van der Waals surface area contributed by atoms with Gasteiger partial charge in [0.1, 0.15) is 6.04 Å². The van der Waals surface area contributed by atoms with Crippen molar-refractivity contribution in [2.75, 3.05) is 42.8 Å². The van der Waals surface area contributed by atoms with Crippen LogP contribution in [0.2, 0.25) is 0 Å². The molecule has 0 aromatic carbocycles. The zero-order valence-electron chi connectivity index (χ0n) is 12.0. The maximum Gasteiger partial charge on any atom is 0.328 e. The molecule has 2 N–H and O–H groups in total. The van der Waals surface area contributed by atoms with E-state index in [-0.39, 0.29) is 5.97 Å². The number of hydrogen-bond donors (Lipinski definition) is 2. The molecule has 110 valence electrons. The lowest BCUT2D eigenvalue weighted by Gasteiger charge is -2.18. The minimum atomic E-state index is -0.515. The third-order valence-corrected chi connectivity index (χ3v) is 3.14. The van der Waals surface area contributed by atoms with Crippen molar-refractivity contribution in [1.82, 2.24) is 15.0 Å². The molecule has 2 rings (SSSR count). The number of anilines is 3. The van der Waals surface area contributed by atoms with Gasteiger partial charge in [-0.05, 0) is 19.8 Å². The number of methoxy groups -OCH3 is 1. The first-order chi connectivity index (χ1) is 9.63. The normalized spacial score (nSPS) is 15.8. The summed E-state index contributed by atoms with van der Waals surface area (Å²) in [5.74, 6) is 1.10. The van der Waals surface area contributed by atoms with Gasteiger partial charge in [-0.25, -0.2) is 4.79 Å². The summed E-state index contributed by atoms with van der Waals surface area (Å²) in [5, 5.41) is 5.83. The molecule has 1 atom stereocenters. The van der Waals surface area contributed by atoms with Gasteiger partial charge >= 0.3 is 5.97 Å². The van der Waals surface area contributed by atoms with Gasteiger partial charge in [0.15, 0.2) is 0 Å². The van der Waals surface area contributed by atoms with E-state index in [1.54, 1.807) is 14.0 Å². The lowest BCUT2D eigenvalue weighted by atomic mass is 10.3. The van der Waals surface area contributed by atoms with E-state index in [0.717, 1.165) is 25.9 Å². The summed E-state index contributed by atoms with van der Waals surface area (Å²) in [6, 6.07) is -0.515. The molecular formula is C12H20N6O2. The average Bonchev–Trinajstić information content (AvgIpc) is 3.00. The number of rotatable bonds is 5. The second-order valence-electron chi connectivity index (χ2n) is 4.62. The number of esters is 1. The molecule has 1 fully saturated rings. The topological polar surface area (TPSA) is 92.3 Å². The summed E-state index contributed by atoms with van der Waals surface area (Å²) in [6.45, 7) is 3.59. The van der Waals surface area contributed by atoms with Crippen LogP contribution < -0.4 is 15.5 Å². The maximum absolute atomic E-state index is 11.4. The highest BCUT2D eigenvalue weighted by atomic mass is 16.5. The minimum Gasteiger partial charge on any atom is -0.467 e. The number of carbonyl (C=O) groups is 1. The highest BCUT2D eigenvalue weighted by Gasteiger charge is 2.19. The summed E-state index contributed by atoms with van der Waals surface area (Å²) in [6.07, 6.45) is 2.28. The maximum atomic E-state index is 11.4. The minimum absolute atomic E-state index is 0.362. The molecule has 0 aliphatic carbocycles. The number of ether oxygens (including phenoxy) is 1. The molecule has 0 amide bonds. The molecule has 1 aromatic rings. The van der Waals surface area contributed by atoms with Crippen LogP contribution in [-0.2, 0) is 9.53 Å². The van der Waals surface area contributed by atoms with Crippen molar-refractivity contribution in [2.45, 2.75) is 25.8 Å². The second-order valence-corrected chi connectivity index (χ2v) is 4.62. The van der Waals surface area contributed by atoms with Crippen LogP contribution in [0.3, 0.4) is 0 Å². The zero-order chi connectivity index (χ0) is 14.5. The van der Waals surface area contributed by atoms with Crippen LogP contribution in [0, 0.1) is 0 Å². The fourth-order valence-corrected chi connectivity index (χ4v) is 2.03. The second kappa shape index (κ2) is 6.36. The summed E-state index contributed by atoms with van der Waals surface area (Å²) >= 11 is 0. The fourth-order valence-electron chi connectivity index (χ4n) is 2.03. The first kappa shape index (κ1) is 14.3. The van der Waals surface area contributed by atoms with Crippen molar-refractivity contribution in [3.8, 4) is 0 Å². The molecule has 0 saturated carbocycles. The van der Waals surface area contributed by atoms with Gasteiger partial charge < -0.3 is 20.3 Å². The first-order valence-corrected chi connectivity index (χ1v) is 6.67. The van der Waals surface area contributed by atoms with Gasteiger partial charge in [-0.3, -0.25) is 0 Å². The third kappa shape index (κ3) is 3.25. The molecule has 1 saturated heterocycles.